The molecule has 3 N–H and O–H groups in total. The molecule has 0 aliphatic carbocycles. The molecule has 0 aliphatic heterocycles. The highest BCUT2D eigenvalue weighted by Crippen LogP contribution is 2.28. The van der Waals surface area contributed by atoms with Crippen LogP contribution in [0.1, 0.15) is 99.3 Å². The van der Waals surface area contributed by atoms with Gasteiger partial charge in [-0.1, -0.05) is 71.2 Å². The van der Waals surface area contributed by atoms with Gasteiger partial charge < -0.3 is 10.1 Å². The van der Waals surface area contributed by atoms with E-state index < -0.39 is 17.6 Å². The first-order valence-electron chi connectivity index (χ1n) is 15.6. The van der Waals surface area contributed by atoms with Gasteiger partial charge in [-0.2, -0.15) is 0 Å². The highest BCUT2D eigenvalue weighted by atomic mass is 79.9. The maximum atomic E-state index is 13.6. The molecular formula is C37H46BrN3O4. The van der Waals surface area contributed by atoms with Crippen LogP contribution >= 0.6 is 15.9 Å². The molecular weight excluding hydrogens is 630 g/mol. The van der Waals surface area contributed by atoms with Gasteiger partial charge in [0.2, 0.25) is 0 Å². The molecule has 0 aromatic heterocycles. The summed E-state index contributed by atoms with van der Waals surface area (Å²) in [5.74, 6) is -0.548. The van der Waals surface area contributed by atoms with E-state index in [1.54, 1.807) is 26.8 Å². The number of unbranched alkanes of at least 4 members (excludes halogenated alkanes) is 4. The number of benzene rings is 3. The summed E-state index contributed by atoms with van der Waals surface area (Å²) in [7, 11) is 0. The first kappa shape index (κ1) is 35.7. The Balaban J connectivity index is 1.69. The van der Waals surface area contributed by atoms with E-state index in [-0.39, 0.29) is 11.8 Å². The number of rotatable bonds is 15. The first-order chi connectivity index (χ1) is 21.5. The second-order valence-electron chi connectivity index (χ2n) is 12.2. The minimum Gasteiger partial charge on any atom is -0.443 e. The van der Waals surface area contributed by atoms with Crippen LogP contribution in [0.5, 0.6) is 0 Å². The van der Waals surface area contributed by atoms with Crippen molar-refractivity contribution in [1.29, 1.82) is 0 Å². The Kier molecular flexibility index (Phi) is 14.0. The van der Waals surface area contributed by atoms with Gasteiger partial charge in [0.15, 0.2) is 5.78 Å². The fourth-order valence-corrected chi connectivity index (χ4v) is 5.54. The van der Waals surface area contributed by atoms with Crippen LogP contribution in [0.4, 0.5) is 4.79 Å². The zero-order valence-electron chi connectivity index (χ0n) is 26.9. The molecule has 3 rings (SSSR count). The standard InChI is InChI=1S/C37H46BrN3O4/c1-6-7-8-9-10-11-14-27-17-18-28(19-20-35(43)40-41-36(44)45-37(3,4)5)33(23-27)34(42)21-22-39-26(2)32-25-30(38)24-29-15-12-13-16-31(29)32/h6,12-13,15-20,23-26,39H,1,7-11,14,21-22H2,2-5H3,(H,40,43)(H,41,44)/b20-19+/t26-/m1/s1. The Morgan fingerprint density at radius 2 is 1.73 bits per heavy atom. The predicted molar refractivity (Wildman–Crippen MR) is 187 cm³/mol. The lowest BCUT2D eigenvalue weighted by atomic mass is 9.95. The maximum absolute atomic E-state index is 13.6. The summed E-state index contributed by atoms with van der Waals surface area (Å²) >= 11 is 3.63. The maximum Gasteiger partial charge on any atom is 0.426 e. The van der Waals surface area contributed by atoms with Crippen LogP contribution in [0.15, 0.2) is 77.8 Å². The summed E-state index contributed by atoms with van der Waals surface area (Å²) in [5.41, 5.74) is 7.33. The second kappa shape index (κ2) is 17.7. The number of halogens is 1. The van der Waals surface area contributed by atoms with Gasteiger partial charge in [0.05, 0.1) is 0 Å². The number of ether oxygens (including phenoxy) is 1. The molecule has 240 valence electrons. The van der Waals surface area contributed by atoms with Gasteiger partial charge in [-0.15, -0.1) is 6.58 Å². The largest absolute Gasteiger partial charge is 0.443 e. The number of ketones is 1. The monoisotopic (exact) mass is 675 g/mol. The van der Waals surface area contributed by atoms with Crippen LogP contribution in [0.2, 0.25) is 0 Å². The number of hydrazine groups is 1. The molecule has 45 heavy (non-hydrogen) atoms. The molecule has 0 radical (unpaired) electrons. The predicted octanol–water partition coefficient (Wildman–Crippen LogP) is 8.77. The van der Waals surface area contributed by atoms with Crippen LogP contribution in [0, 0.1) is 0 Å². The number of carbonyl (C=O) groups is 3. The molecule has 7 nitrogen and oxygen atoms in total. The summed E-state index contributed by atoms with van der Waals surface area (Å²) < 4.78 is 6.15. The lowest BCUT2D eigenvalue weighted by Gasteiger charge is -2.19. The fourth-order valence-electron chi connectivity index (χ4n) is 5.05. The minimum absolute atomic E-state index is 0.00595. The number of Topliss-reactive ketones (excluding diaryl/α,β-unsaturated/α-hetero) is 1. The molecule has 0 bridgehead atoms. The van der Waals surface area contributed by atoms with E-state index in [0.717, 1.165) is 59.5 Å². The normalized spacial score (nSPS) is 12.2. The molecule has 0 fully saturated rings. The van der Waals surface area contributed by atoms with E-state index in [0.29, 0.717) is 24.1 Å². The summed E-state index contributed by atoms with van der Waals surface area (Å²) in [4.78, 5) is 37.9. The molecule has 2 amide bonds. The fraction of sp³-hybridized carbons (Fsp3) is 0.378. The van der Waals surface area contributed by atoms with Crippen molar-refractivity contribution < 1.29 is 19.1 Å². The molecule has 3 aromatic rings. The second-order valence-corrected chi connectivity index (χ2v) is 13.1. The van der Waals surface area contributed by atoms with Crippen molar-refractivity contribution in [2.24, 2.45) is 0 Å². The van der Waals surface area contributed by atoms with Crippen molar-refractivity contribution >= 4 is 50.6 Å². The Bertz CT molecular complexity index is 1510. The zero-order valence-corrected chi connectivity index (χ0v) is 28.5. The number of fused-ring (bicyclic) bond motifs is 1. The number of carbonyl (C=O) groups excluding carboxylic acids is 3. The highest BCUT2D eigenvalue weighted by molar-refractivity contribution is 9.10. The SMILES string of the molecule is C=CCCCCCCc1ccc(/C=C/C(=O)NNC(=O)OC(C)(C)C)c(C(=O)CCN[C@H](C)c2cc(Br)cc3ccccc23)c1. The third-order valence-corrected chi connectivity index (χ3v) is 7.73. The summed E-state index contributed by atoms with van der Waals surface area (Å²) in [5, 5.41) is 5.86. The van der Waals surface area contributed by atoms with Gasteiger partial charge in [-0.3, -0.25) is 15.0 Å². The quantitative estimate of drug-likeness (QED) is 0.0492. The molecule has 0 heterocycles. The van der Waals surface area contributed by atoms with Gasteiger partial charge in [0.25, 0.3) is 5.91 Å². The number of nitrogens with one attached hydrogen (secondary N) is 3. The molecule has 0 saturated heterocycles. The molecule has 3 aromatic carbocycles. The van der Waals surface area contributed by atoms with Crippen molar-refractivity contribution in [3.63, 3.8) is 0 Å². The lowest BCUT2D eigenvalue weighted by Crippen LogP contribution is -2.43. The van der Waals surface area contributed by atoms with Crippen LogP contribution in [0.25, 0.3) is 16.8 Å². The number of hydrogen-bond acceptors (Lipinski definition) is 5. The van der Waals surface area contributed by atoms with Gasteiger partial charge in [0.1, 0.15) is 5.60 Å². The highest BCUT2D eigenvalue weighted by Gasteiger charge is 2.17. The van der Waals surface area contributed by atoms with Crippen LogP contribution in [-0.2, 0) is 16.0 Å². The topological polar surface area (TPSA) is 96.5 Å². The van der Waals surface area contributed by atoms with E-state index in [4.69, 9.17) is 4.74 Å². The molecule has 0 aliphatic rings. The third-order valence-electron chi connectivity index (χ3n) is 7.27. The average Bonchev–Trinajstić information content (AvgIpc) is 2.99. The van der Waals surface area contributed by atoms with E-state index >= 15 is 0 Å². The Hall–Kier alpha value is -3.75. The zero-order chi connectivity index (χ0) is 32.8. The summed E-state index contributed by atoms with van der Waals surface area (Å²) in [6, 6.07) is 18.4. The Labute approximate surface area is 276 Å². The summed E-state index contributed by atoms with van der Waals surface area (Å²) in [6.07, 6.45) is 10.8. The molecule has 0 spiro atoms. The number of allylic oxidation sites excluding steroid dienone is 1. The van der Waals surface area contributed by atoms with Crippen LogP contribution < -0.4 is 16.2 Å². The Morgan fingerprint density at radius 1 is 0.978 bits per heavy atom. The lowest BCUT2D eigenvalue weighted by molar-refractivity contribution is -0.117. The van der Waals surface area contributed by atoms with Gasteiger partial charge in [0, 0.05) is 35.1 Å². The van der Waals surface area contributed by atoms with Crippen molar-refractivity contribution in [1.82, 2.24) is 16.2 Å². The summed E-state index contributed by atoms with van der Waals surface area (Å²) in [6.45, 7) is 11.6. The van der Waals surface area contributed by atoms with Gasteiger partial charge >= 0.3 is 6.09 Å². The molecule has 0 saturated carbocycles. The van der Waals surface area contributed by atoms with Crippen molar-refractivity contribution in [2.45, 2.75) is 84.3 Å². The Morgan fingerprint density at radius 3 is 2.49 bits per heavy atom. The van der Waals surface area contributed by atoms with E-state index in [2.05, 4.69) is 69.9 Å². The minimum atomic E-state index is -0.758. The number of amides is 2. The van der Waals surface area contributed by atoms with E-state index in [1.807, 2.05) is 36.4 Å². The van der Waals surface area contributed by atoms with Gasteiger partial charge in [-0.05, 0) is 105 Å². The number of aryl methyl sites for hydroxylation is 1. The smallest absolute Gasteiger partial charge is 0.426 e. The molecule has 1 atom stereocenters. The first-order valence-corrected chi connectivity index (χ1v) is 16.4. The number of hydrogen-bond donors (Lipinski definition) is 3. The van der Waals surface area contributed by atoms with Crippen molar-refractivity contribution in [3.05, 3.63) is 100 Å². The van der Waals surface area contributed by atoms with Gasteiger partial charge in [-0.25, -0.2) is 10.2 Å². The average molecular weight is 677 g/mol. The van der Waals surface area contributed by atoms with Crippen molar-refractivity contribution in [3.8, 4) is 0 Å². The third kappa shape index (κ3) is 12.3. The van der Waals surface area contributed by atoms with Crippen LogP contribution in [-0.4, -0.2) is 29.9 Å². The van der Waals surface area contributed by atoms with E-state index in [9.17, 15) is 14.4 Å². The van der Waals surface area contributed by atoms with E-state index in [1.165, 1.54) is 11.5 Å². The molecule has 8 heteroatoms. The van der Waals surface area contributed by atoms with Crippen LogP contribution in [0.3, 0.4) is 0 Å². The molecule has 0 unspecified atom stereocenters. The van der Waals surface area contributed by atoms with Crippen molar-refractivity contribution in [2.75, 3.05) is 6.54 Å².